The zero-order valence-electron chi connectivity index (χ0n) is 12.7. The molecule has 0 bridgehead atoms. The molecule has 0 aliphatic carbocycles. The number of rotatable bonds is 4. The zero-order chi connectivity index (χ0) is 16.2. The smallest absolute Gasteiger partial charge is 0.317 e. The van der Waals surface area contributed by atoms with Crippen molar-refractivity contribution in [3.05, 3.63) is 64.9 Å². The van der Waals surface area contributed by atoms with E-state index in [-0.39, 0.29) is 6.03 Å². The first-order valence-electron chi connectivity index (χ1n) is 7.29. The van der Waals surface area contributed by atoms with E-state index in [2.05, 4.69) is 15.3 Å². The van der Waals surface area contributed by atoms with E-state index >= 15 is 0 Å². The van der Waals surface area contributed by atoms with Gasteiger partial charge in [0.1, 0.15) is 5.82 Å². The maximum Gasteiger partial charge on any atom is 0.317 e. The van der Waals surface area contributed by atoms with E-state index in [1.807, 2.05) is 42.5 Å². The van der Waals surface area contributed by atoms with Crippen molar-refractivity contribution in [3.63, 3.8) is 0 Å². The number of imidazole rings is 1. The molecule has 0 spiro atoms. The number of carbonyl (C=O) groups is 1. The summed E-state index contributed by atoms with van der Waals surface area (Å²) in [5.41, 5.74) is 2.75. The third kappa shape index (κ3) is 3.63. The van der Waals surface area contributed by atoms with Gasteiger partial charge in [0.2, 0.25) is 0 Å². The molecule has 23 heavy (non-hydrogen) atoms. The summed E-state index contributed by atoms with van der Waals surface area (Å²) in [5.74, 6) is 0.751. The van der Waals surface area contributed by atoms with E-state index in [0.717, 1.165) is 22.4 Å². The first-order chi connectivity index (χ1) is 11.1. The highest BCUT2D eigenvalue weighted by Gasteiger charge is 2.12. The maximum atomic E-state index is 12.2. The van der Waals surface area contributed by atoms with Crippen LogP contribution >= 0.6 is 11.6 Å². The lowest BCUT2D eigenvalue weighted by atomic mass is 10.2. The summed E-state index contributed by atoms with van der Waals surface area (Å²) in [7, 11) is 1.73. The maximum absolute atomic E-state index is 12.2. The number of hydrogen-bond donors (Lipinski definition) is 2. The summed E-state index contributed by atoms with van der Waals surface area (Å²) < 4.78 is 0. The molecule has 0 saturated carbocycles. The van der Waals surface area contributed by atoms with E-state index in [1.54, 1.807) is 18.0 Å². The molecule has 2 aromatic carbocycles. The molecule has 118 valence electrons. The van der Waals surface area contributed by atoms with Gasteiger partial charge in [0.25, 0.3) is 0 Å². The minimum Gasteiger partial charge on any atom is -0.340 e. The number of halogens is 1. The van der Waals surface area contributed by atoms with Crippen LogP contribution in [0.1, 0.15) is 11.4 Å². The van der Waals surface area contributed by atoms with Crippen molar-refractivity contribution in [2.75, 3.05) is 7.05 Å². The van der Waals surface area contributed by atoms with Crippen LogP contribution in [0.2, 0.25) is 5.02 Å². The molecule has 3 rings (SSSR count). The lowest BCUT2D eigenvalue weighted by Crippen LogP contribution is -2.36. The average Bonchev–Trinajstić information content (AvgIpc) is 2.96. The van der Waals surface area contributed by atoms with E-state index in [4.69, 9.17) is 11.6 Å². The van der Waals surface area contributed by atoms with Gasteiger partial charge in [0.15, 0.2) is 0 Å². The Bertz CT molecular complexity index is 797. The third-order valence-electron chi connectivity index (χ3n) is 3.56. The zero-order valence-corrected chi connectivity index (χ0v) is 13.5. The number of carbonyl (C=O) groups excluding carboxylic acids is 1. The van der Waals surface area contributed by atoms with Gasteiger partial charge in [-0.2, -0.15) is 0 Å². The molecule has 0 saturated heterocycles. The van der Waals surface area contributed by atoms with Gasteiger partial charge in [-0.25, -0.2) is 9.78 Å². The summed E-state index contributed by atoms with van der Waals surface area (Å²) in [6, 6.07) is 15.1. The monoisotopic (exact) mass is 328 g/mol. The van der Waals surface area contributed by atoms with Crippen LogP contribution in [0.15, 0.2) is 48.5 Å². The van der Waals surface area contributed by atoms with Gasteiger partial charge in [-0.05, 0) is 23.8 Å². The second-order valence-corrected chi connectivity index (χ2v) is 5.71. The van der Waals surface area contributed by atoms with Crippen LogP contribution < -0.4 is 5.32 Å². The quantitative estimate of drug-likeness (QED) is 0.769. The van der Waals surface area contributed by atoms with Gasteiger partial charge in [-0.3, -0.25) is 0 Å². The third-order valence-corrected chi connectivity index (χ3v) is 3.93. The molecular formula is C17H17ClN4O. The molecule has 1 heterocycles. The number of nitrogens with zero attached hydrogens (tertiary/aromatic N) is 2. The molecule has 6 heteroatoms. The minimum atomic E-state index is -0.176. The fraction of sp³-hybridized carbons (Fsp3) is 0.176. The Hall–Kier alpha value is -2.53. The summed E-state index contributed by atoms with van der Waals surface area (Å²) in [6.07, 6.45) is 0. The van der Waals surface area contributed by atoms with Crippen molar-refractivity contribution in [3.8, 4) is 0 Å². The summed E-state index contributed by atoms with van der Waals surface area (Å²) in [6.45, 7) is 0.798. The van der Waals surface area contributed by atoms with Crippen molar-refractivity contribution in [2.45, 2.75) is 13.1 Å². The second-order valence-electron chi connectivity index (χ2n) is 5.31. The van der Waals surface area contributed by atoms with E-state index < -0.39 is 0 Å². The highest BCUT2D eigenvalue weighted by Crippen LogP contribution is 2.15. The highest BCUT2D eigenvalue weighted by atomic mass is 35.5. The van der Waals surface area contributed by atoms with Crippen LogP contribution in [-0.4, -0.2) is 27.9 Å². The fourth-order valence-electron chi connectivity index (χ4n) is 2.32. The summed E-state index contributed by atoms with van der Waals surface area (Å²) >= 11 is 6.08. The van der Waals surface area contributed by atoms with Crippen LogP contribution in [0.3, 0.4) is 0 Å². The van der Waals surface area contributed by atoms with Crippen LogP contribution in [0.4, 0.5) is 4.79 Å². The number of benzene rings is 2. The Kier molecular flexibility index (Phi) is 4.48. The number of H-pyrrole nitrogens is 1. The van der Waals surface area contributed by atoms with Gasteiger partial charge in [0, 0.05) is 18.6 Å². The molecule has 1 aromatic heterocycles. The van der Waals surface area contributed by atoms with Crippen molar-refractivity contribution < 1.29 is 4.79 Å². The van der Waals surface area contributed by atoms with E-state index in [9.17, 15) is 4.79 Å². The number of urea groups is 1. The number of hydrogen-bond acceptors (Lipinski definition) is 2. The van der Waals surface area contributed by atoms with Crippen LogP contribution in [0, 0.1) is 0 Å². The lowest BCUT2D eigenvalue weighted by Gasteiger charge is -2.17. The van der Waals surface area contributed by atoms with Gasteiger partial charge >= 0.3 is 6.03 Å². The number of nitrogens with one attached hydrogen (secondary N) is 2. The topological polar surface area (TPSA) is 61.0 Å². The van der Waals surface area contributed by atoms with Gasteiger partial charge in [-0.1, -0.05) is 41.9 Å². The first kappa shape index (κ1) is 15.4. The number of amides is 2. The SMILES string of the molecule is CN(Cc1nc2ccccc2[nH]1)C(=O)NCc1ccccc1Cl. The van der Waals surface area contributed by atoms with Crippen molar-refractivity contribution in [1.82, 2.24) is 20.2 Å². The Morgan fingerprint density at radius 2 is 1.96 bits per heavy atom. The molecule has 5 nitrogen and oxygen atoms in total. The normalized spacial score (nSPS) is 10.7. The standard InChI is InChI=1S/C17H17ClN4O/c1-22(11-16-20-14-8-4-5-9-15(14)21-16)17(23)19-10-12-6-2-3-7-13(12)18/h2-9H,10-11H2,1H3,(H,19,23)(H,20,21). The molecule has 0 unspecified atom stereocenters. The van der Waals surface area contributed by atoms with E-state index in [1.165, 1.54) is 0 Å². The van der Waals surface area contributed by atoms with Crippen molar-refractivity contribution >= 4 is 28.7 Å². The molecule has 0 aliphatic rings. The average molecular weight is 329 g/mol. The van der Waals surface area contributed by atoms with Gasteiger partial charge < -0.3 is 15.2 Å². The van der Waals surface area contributed by atoms with Crippen LogP contribution in [0.5, 0.6) is 0 Å². The predicted molar refractivity (Wildman–Crippen MR) is 91.2 cm³/mol. The second kappa shape index (κ2) is 6.71. The van der Waals surface area contributed by atoms with Crippen molar-refractivity contribution in [2.24, 2.45) is 0 Å². The molecule has 0 radical (unpaired) electrons. The minimum absolute atomic E-state index is 0.176. The fourth-order valence-corrected chi connectivity index (χ4v) is 2.53. The molecule has 0 fully saturated rings. The summed E-state index contributed by atoms with van der Waals surface area (Å²) in [5, 5.41) is 3.50. The van der Waals surface area contributed by atoms with Crippen LogP contribution in [-0.2, 0) is 13.1 Å². The lowest BCUT2D eigenvalue weighted by molar-refractivity contribution is 0.205. The van der Waals surface area contributed by atoms with Crippen LogP contribution in [0.25, 0.3) is 11.0 Å². The molecule has 2 amide bonds. The largest absolute Gasteiger partial charge is 0.340 e. The Balaban J connectivity index is 1.60. The molecule has 0 aliphatic heterocycles. The van der Waals surface area contributed by atoms with Crippen molar-refractivity contribution in [1.29, 1.82) is 0 Å². The molecule has 3 aromatic rings. The van der Waals surface area contributed by atoms with Gasteiger partial charge in [-0.15, -0.1) is 0 Å². The van der Waals surface area contributed by atoms with Gasteiger partial charge in [0.05, 0.1) is 17.6 Å². The summed E-state index contributed by atoms with van der Waals surface area (Å²) in [4.78, 5) is 21.4. The molecule has 2 N–H and O–H groups in total. The highest BCUT2D eigenvalue weighted by molar-refractivity contribution is 6.31. The number of para-hydroxylation sites is 2. The number of fused-ring (bicyclic) bond motifs is 1. The predicted octanol–water partition coefficient (Wildman–Crippen LogP) is 3.56. The van der Waals surface area contributed by atoms with E-state index in [0.29, 0.717) is 18.1 Å². The molecule has 0 atom stereocenters. The molecular weight excluding hydrogens is 312 g/mol. The Morgan fingerprint density at radius 3 is 2.74 bits per heavy atom. The Morgan fingerprint density at radius 1 is 1.22 bits per heavy atom. The number of aromatic nitrogens is 2. The first-order valence-corrected chi connectivity index (χ1v) is 7.67. The number of aromatic amines is 1. The Labute approximate surface area is 139 Å².